The molecule has 1 aliphatic rings. The Kier molecular flexibility index (Phi) is 5.00. The van der Waals surface area contributed by atoms with E-state index in [0.29, 0.717) is 0 Å². The average molecular weight is 260 g/mol. The molecule has 2 N–H and O–H groups in total. The molecule has 1 saturated heterocycles. The largest absolute Gasteiger partial charge is 0.316 e. The molecule has 19 heavy (non-hydrogen) atoms. The van der Waals surface area contributed by atoms with E-state index in [0.717, 1.165) is 19.0 Å². The Bertz CT molecular complexity index is 392. The Labute approximate surface area is 118 Å². The molecule has 0 saturated carbocycles. The van der Waals surface area contributed by atoms with Gasteiger partial charge >= 0.3 is 0 Å². The van der Waals surface area contributed by atoms with Crippen LogP contribution in [-0.2, 0) is 5.41 Å². The number of rotatable bonds is 5. The molecule has 0 bridgehead atoms. The lowest BCUT2D eigenvalue weighted by Gasteiger charge is -2.29. The Hall–Kier alpha value is -0.860. The molecular weight excluding hydrogens is 232 g/mol. The minimum absolute atomic E-state index is 0.202. The van der Waals surface area contributed by atoms with E-state index >= 15 is 0 Å². The summed E-state index contributed by atoms with van der Waals surface area (Å²) in [4.78, 5) is 0. The summed E-state index contributed by atoms with van der Waals surface area (Å²) in [6, 6.07) is 8.89. The molecule has 2 rings (SSSR count). The Morgan fingerprint density at radius 1 is 1.37 bits per heavy atom. The van der Waals surface area contributed by atoms with Crippen molar-refractivity contribution in [3.05, 3.63) is 35.4 Å². The van der Waals surface area contributed by atoms with Crippen molar-refractivity contribution in [3.8, 4) is 0 Å². The fraction of sp³-hybridized carbons (Fsp3) is 0.647. The highest BCUT2D eigenvalue weighted by atomic mass is 14.9. The Morgan fingerprint density at radius 2 is 2.21 bits per heavy atom. The number of piperidine rings is 1. The molecule has 0 amide bonds. The van der Waals surface area contributed by atoms with E-state index in [1.165, 1.54) is 37.1 Å². The van der Waals surface area contributed by atoms with Crippen LogP contribution in [0.5, 0.6) is 0 Å². The molecule has 0 spiro atoms. The lowest BCUT2D eigenvalue weighted by atomic mass is 9.83. The summed E-state index contributed by atoms with van der Waals surface area (Å²) in [6.45, 7) is 11.4. The van der Waals surface area contributed by atoms with Crippen LogP contribution < -0.4 is 10.6 Å². The molecule has 1 heterocycles. The van der Waals surface area contributed by atoms with Gasteiger partial charge in [0.15, 0.2) is 0 Å². The minimum Gasteiger partial charge on any atom is -0.316 e. The van der Waals surface area contributed by atoms with E-state index in [1.54, 1.807) is 0 Å². The van der Waals surface area contributed by atoms with Crippen LogP contribution in [0.3, 0.4) is 0 Å². The predicted octanol–water partition coefficient (Wildman–Crippen LogP) is 2.86. The van der Waals surface area contributed by atoms with Gasteiger partial charge in [-0.15, -0.1) is 0 Å². The van der Waals surface area contributed by atoms with E-state index in [9.17, 15) is 0 Å². The smallest absolute Gasteiger partial charge is 0.00433 e. The van der Waals surface area contributed by atoms with Crippen LogP contribution in [0.25, 0.3) is 0 Å². The van der Waals surface area contributed by atoms with Crippen molar-refractivity contribution in [3.63, 3.8) is 0 Å². The van der Waals surface area contributed by atoms with Crippen LogP contribution in [0, 0.1) is 12.8 Å². The van der Waals surface area contributed by atoms with E-state index in [1.807, 2.05) is 0 Å². The number of aryl methyl sites for hydroxylation is 1. The van der Waals surface area contributed by atoms with E-state index in [-0.39, 0.29) is 5.41 Å². The molecule has 1 aliphatic heterocycles. The molecule has 1 unspecified atom stereocenters. The molecule has 2 nitrogen and oxygen atoms in total. The Morgan fingerprint density at radius 3 is 2.89 bits per heavy atom. The van der Waals surface area contributed by atoms with Gasteiger partial charge in [-0.25, -0.2) is 0 Å². The van der Waals surface area contributed by atoms with Crippen LogP contribution in [0.4, 0.5) is 0 Å². The first kappa shape index (κ1) is 14.5. The molecule has 0 aromatic heterocycles. The van der Waals surface area contributed by atoms with Crippen molar-refractivity contribution in [2.75, 3.05) is 26.2 Å². The maximum Gasteiger partial charge on any atom is 0.00433 e. The van der Waals surface area contributed by atoms with Crippen LogP contribution in [0.2, 0.25) is 0 Å². The van der Waals surface area contributed by atoms with Gasteiger partial charge in [-0.1, -0.05) is 43.7 Å². The zero-order chi connectivity index (χ0) is 13.7. The second-order valence-corrected chi connectivity index (χ2v) is 6.60. The zero-order valence-electron chi connectivity index (χ0n) is 12.6. The summed E-state index contributed by atoms with van der Waals surface area (Å²) in [6.07, 6.45) is 2.69. The normalized spacial score (nSPS) is 20.5. The quantitative estimate of drug-likeness (QED) is 0.850. The topological polar surface area (TPSA) is 24.1 Å². The van der Waals surface area contributed by atoms with Crippen molar-refractivity contribution < 1.29 is 0 Å². The summed E-state index contributed by atoms with van der Waals surface area (Å²) >= 11 is 0. The summed E-state index contributed by atoms with van der Waals surface area (Å²) in [5.41, 5.74) is 2.98. The molecule has 0 aliphatic carbocycles. The van der Waals surface area contributed by atoms with Crippen molar-refractivity contribution in [1.29, 1.82) is 0 Å². The van der Waals surface area contributed by atoms with Gasteiger partial charge in [-0.3, -0.25) is 0 Å². The fourth-order valence-corrected chi connectivity index (χ4v) is 2.86. The van der Waals surface area contributed by atoms with Crippen molar-refractivity contribution >= 4 is 0 Å². The van der Waals surface area contributed by atoms with Crippen molar-refractivity contribution in [2.45, 2.75) is 39.0 Å². The van der Waals surface area contributed by atoms with Gasteiger partial charge in [0.1, 0.15) is 0 Å². The van der Waals surface area contributed by atoms with Crippen molar-refractivity contribution in [1.82, 2.24) is 10.6 Å². The second kappa shape index (κ2) is 6.53. The van der Waals surface area contributed by atoms with Gasteiger partial charge in [0.05, 0.1) is 0 Å². The van der Waals surface area contributed by atoms with Crippen LogP contribution in [0.1, 0.15) is 37.8 Å². The van der Waals surface area contributed by atoms with Crippen molar-refractivity contribution in [2.24, 2.45) is 5.92 Å². The molecule has 1 fully saturated rings. The molecule has 1 aromatic rings. The van der Waals surface area contributed by atoms with Crippen LogP contribution in [-0.4, -0.2) is 26.2 Å². The van der Waals surface area contributed by atoms with Crippen LogP contribution >= 0.6 is 0 Å². The van der Waals surface area contributed by atoms with Gasteiger partial charge < -0.3 is 10.6 Å². The van der Waals surface area contributed by atoms with Gasteiger partial charge in [0.25, 0.3) is 0 Å². The first-order valence-electron chi connectivity index (χ1n) is 7.56. The van der Waals surface area contributed by atoms with E-state index < -0.39 is 0 Å². The standard InChI is InChI=1S/C17H28N2/c1-14-6-4-8-16(10-14)17(2,3)13-19-12-15-7-5-9-18-11-15/h4,6,8,10,15,18-19H,5,7,9,11-13H2,1-3H3. The highest BCUT2D eigenvalue weighted by Gasteiger charge is 2.21. The van der Waals surface area contributed by atoms with Crippen LogP contribution in [0.15, 0.2) is 24.3 Å². The van der Waals surface area contributed by atoms with Gasteiger partial charge in [0.2, 0.25) is 0 Å². The first-order chi connectivity index (χ1) is 9.08. The molecule has 0 radical (unpaired) electrons. The third-order valence-corrected chi connectivity index (χ3v) is 4.20. The molecular formula is C17H28N2. The molecule has 106 valence electrons. The zero-order valence-corrected chi connectivity index (χ0v) is 12.6. The highest BCUT2D eigenvalue weighted by molar-refractivity contribution is 5.28. The SMILES string of the molecule is Cc1cccc(C(C)(C)CNCC2CCCNC2)c1. The second-order valence-electron chi connectivity index (χ2n) is 6.60. The molecule has 2 heteroatoms. The number of hydrogen-bond acceptors (Lipinski definition) is 2. The molecule has 1 aromatic carbocycles. The first-order valence-corrected chi connectivity index (χ1v) is 7.56. The Balaban J connectivity index is 1.83. The highest BCUT2D eigenvalue weighted by Crippen LogP contribution is 2.23. The molecule has 1 atom stereocenters. The van der Waals surface area contributed by atoms with E-state index in [2.05, 4.69) is 55.7 Å². The summed E-state index contributed by atoms with van der Waals surface area (Å²) in [5, 5.41) is 7.15. The third kappa shape index (κ3) is 4.32. The average Bonchev–Trinajstić information content (AvgIpc) is 2.40. The fourth-order valence-electron chi connectivity index (χ4n) is 2.86. The van der Waals surface area contributed by atoms with E-state index in [4.69, 9.17) is 0 Å². The summed E-state index contributed by atoms with van der Waals surface area (Å²) in [7, 11) is 0. The summed E-state index contributed by atoms with van der Waals surface area (Å²) < 4.78 is 0. The number of hydrogen-bond donors (Lipinski definition) is 2. The number of benzene rings is 1. The maximum absolute atomic E-state index is 3.67. The number of nitrogens with one attached hydrogen (secondary N) is 2. The predicted molar refractivity (Wildman–Crippen MR) is 82.7 cm³/mol. The third-order valence-electron chi connectivity index (χ3n) is 4.20. The lowest BCUT2D eigenvalue weighted by Crippen LogP contribution is -2.40. The summed E-state index contributed by atoms with van der Waals surface area (Å²) in [5.74, 6) is 0.807. The lowest BCUT2D eigenvalue weighted by molar-refractivity contribution is 0.345. The monoisotopic (exact) mass is 260 g/mol. The minimum atomic E-state index is 0.202. The van der Waals surface area contributed by atoms with Gasteiger partial charge in [-0.05, 0) is 50.9 Å². The van der Waals surface area contributed by atoms with Gasteiger partial charge in [-0.2, -0.15) is 0 Å². The maximum atomic E-state index is 3.67. The van der Waals surface area contributed by atoms with Gasteiger partial charge in [0, 0.05) is 12.0 Å².